The number of carbonyl (C=O) groups excluding carboxylic acids is 1. The SMILES string of the molecule is CNC(=O)CCn1c(=O)nc(Nc2ccc(Oc3nc(C)ns3)cc2)n(Cc2ccc(Cl)cc2)c1=O. The lowest BCUT2D eigenvalue weighted by molar-refractivity contribution is -0.120. The zero-order valence-electron chi connectivity index (χ0n) is 19.4. The maximum Gasteiger partial charge on any atom is 0.354 e. The second-order valence-corrected chi connectivity index (χ2v) is 8.80. The Morgan fingerprint density at radius 1 is 1.06 bits per heavy atom. The molecule has 4 aromatic rings. The normalized spacial score (nSPS) is 10.8. The van der Waals surface area contributed by atoms with Crippen LogP contribution in [0.25, 0.3) is 0 Å². The summed E-state index contributed by atoms with van der Waals surface area (Å²) in [5.74, 6) is 0.944. The quantitative estimate of drug-likeness (QED) is 0.339. The summed E-state index contributed by atoms with van der Waals surface area (Å²) in [5, 5.41) is 6.49. The average Bonchev–Trinajstić information content (AvgIpc) is 3.27. The van der Waals surface area contributed by atoms with Gasteiger partial charge in [0.2, 0.25) is 11.9 Å². The van der Waals surface area contributed by atoms with Gasteiger partial charge >= 0.3 is 11.4 Å². The Morgan fingerprint density at radius 3 is 2.42 bits per heavy atom. The average molecular weight is 528 g/mol. The lowest BCUT2D eigenvalue weighted by atomic mass is 10.2. The molecule has 0 saturated heterocycles. The van der Waals surface area contributed by atoms with Gasteiger partial charge in [-0.05, 0) is 48.9 Å². The summed E-state index contributed by atoms with van der Waals surface area (Å²) in [6.45, 7) is 1.81. The van der Waals surface area contributed by atoms with Crippen LogP contribution in [0.3, 0.4) is 0 Å². The van der Waals surface area contributed by atoms with Crippen molar-refractivity contribution in [1.29, 1.82) is 0 Å². The minimum absolute atomic E-state index is 0.0311. The van der Waals surface area contributed by atoms with Crippen molar-refractivity contribution in [2.45, 2.75) is 26.4 Å². The van der Waals surface area contributed by atoms with Crippen LogP contribution >= 0.6 is 23.1 Å². The van der Waals surface area contributed by atoms with E-state index >= 15 is 0 Å². The Hall–Kier alpha value is -4.03. The van der Waals surface area contributed by atoms with E-state index in [1.54, 1.807) is 55.5 Å². The number of halogens is 1. The number of carbonyl (C=O) groups is 1. The van der Waals surface area contributed by atoms with E-state index in [0.29, 0.717) is 27.5 Å². The largest absolute Gasteiger partial charge is 0.430 e. The number of amides is 1. The van der Waals surface area contributed by atoms with Crippen molar-refractivity contribution in [3.8, 4) is 10.9 Å². The molecule has 0 saturated carbocycles. The number of nitrogens with zero attached hydrogens (tertiary/aromatic N) is 5. The van der Waals surface area contributed by atoms with Gasteiger partial charge in [0.25, 0.3) is 5.19 Å². The van der Waals surface area contributed by atoms with Crippen LogP contribution in [-0.4, -0.2) is 36.4 Å². The van der Waals surface area contributed by atoms with E-state index in [0.717, 1.165) is 21.7 Å². The third kappa shape index (κ3) is 6.15. The monoisotopic (exact) mass is 527 g/mol. The van der Waals surface area contributed by atoms with Gasteiger partial charge in [0.1, 0.15) is 11.6 Å². The number of benzene rings is 2. The van der Waals surface area contributed by atoms with E-state index in [-0.39, 0.29) is 31.4 Å². The fourth-order valence-electron chi connectivity index (χ4n) is 3.23. The first-order valence-corrected chi connectivity index (χ1v) is 12.0. The predicted octanol–water partition coefficient (Wildman–Crippen LogP) is 2.94. The number of aryl methyl sites for hydroxylation is 1. The van der Waals surface area contributed by atoms with Crippen molar-refractivity contribution >= 4 is 40.7 Å². The molecular formula is C23H22ClN7O4S. The first kappa shape index (κ1) is 25.1. The smallest absolute Gasteiger partial charge is 0.354 e. The highest BCUT2D eigenvalue weighted by atomic mass is 35.5. The van der Waals surface area contributed by atoms with E-state index in [9.17, 15) is 14.4 Å². The van der Waals surface area contributed by atoms with Crippen LogP contribution in [0.15, 0.2) is 58.1 Å². The van der Waals surface area contributed by atoms with Gasteiger partial charge in [0, 0.05) is 42.3 Å². The van der Waals surface area contributed by atoms with Gasteiger partial charge in [-0.1, -0.05) is 23.7 Å². The Balaban J connectivity index is 1.63. The number of hydrogen-bond donors (Lipinski definition) is 2. The second-order valence-electron chi connectivity index (χ2n) is 7.65. The van der Waals surface area contributed by atoms with Gasteiger partial charge in [-0.15, -0.1) is 0 Å². The molecule has 11 nitrogen and oxygen atoms in total. The number of hydrogen-bond acceptors (Lipinski definition) is 9. The fourth-order valence-corrected chi connectivity index (χ4v) is 3.91. The predicted molar refractivity (Wildman–Crippen MR) is 136 cm³/mol. The van der Waals surface area contributed by atoms with Crippen LogP contribution in [0.2, 0.25) is 5.02 Å². The third-order valence-electron chi connectivity index (χ3n) is 5.07. The molecule has 2 aromatic heterocycles. The van der Waals surface area contributed by atoms with Gasteiger partial charge in [0.05, 0.1) is 6.54 Å². The molecule has 36 heavy (non-hydrogen) atoms. The summed E-state index contributed by atoms with van der Waals surface area (Å²) in [5.41, 5.74) is 0.00214. The number of anilines is 2. The minimum atomic E-state index is -0.759. The van der Waals surface area contributed by atoms with Crippen LogP contribution in [0.1, 0.15) is 17.8 Å². The van der Waals surface area contributed by atoms with E-state index in [1.165, 1.54) is 11.6 Å². The molecule has 4 rings (SSSR count). The Labute approximate surface area is 214 Å². The van der Waals surface area contributed by atoms with E-state index in [2.05, 4.69) is 25.0 Å². The van der Waals surface area contributed by atoms with Crippen molar-refractivity contribution in [1.82, 2.24) is 28.8 Å². The summed E-state index contributed by atoms with van der Waals surface area (Å²) in [6.07, 6.45) is -0.0311. The minimum Gasteiger partial charge on any atom is -0.430 e. The molecule has 0 bridgehead atoms. The van der Waals surface area contributed by atoms with Gasteiger partial charge < -0.3 is 15.4 Å². The summed E-state index contributed by atoms with van der Waals surface area (Å²) in [7, 11) is 1.49. The molecule has 186 valence electrons. The van der Waals surface area contributed by atoms with Crippen molar-refractivity contribution in [2.24, 2.45) is 0 Å². The number of ether oxygens (including phenoxy) is 1. The fraction of sp³-hybridized carbons (Fsp3) is 0.217. The zero-order chi connectivity index (χ0) is 25.7. The van der Waals surface area contributed by atoms with E-state index in [1.807, 2.05) is 0 Å². The Kier molecular flexibility index (Phi) is 7.76. The third-order valence-corrected chi connectivity index (χ3v) is 6.01. The van der Waals surface area contributed by atoms with Crippen LogP contribution in [0.5, 0.6) is 10.9 Å². The summed E-state index contributed by atoms with van der Waals surface area (Å²) < 4.78 is 12.0. The number of rotatable bonds is 9. The van der Waals surface area contributed by atoms with Crippen molar-refractivity contribution in [3.05, 3.63) is 85.9 Å². The molecule has 0 fully saturated rings. The van der Waals surface area contributed by atoms with Crippen LogP contribution in [0.4, 0.5) is 11.6 Å². The van der Waals surface area contributed by atoms with E-state index < -0.39 is 11.4 Å². The molecule has 0 radical (unpaired) electrons. The van der Waals surface area contributed by atoms with Crippen LogP contribution in [0, 0.1) is 6.92 Å². The standard InChI is InChI=1S/C23H22ClN7O4S/c1-14-26-22(36-29-14)35-18-9-7-17(8-10-18)27-20-28-21(33)30(12-11-19(32)25-2)23(34)31(20)13-15-3-5-16(24)6-4-15/h3-10H,11-13H2,1-2H3,(H,25,32)(H,27,28,33). The first-order valence-electron chi connectivity index (χ1n) is 10.8. The lowest BCUT2D eigenvalue weighted by Crippen LogP contribution is -2.43. The molecular weight excluding hydrogens is 506 g/mol. The number of nitrogens with one attached hydrogen (secondary N) is 2. The highest BCUT2D eigenvalue weighted by molar-refractivity contribution is 7.07. The zero-order valence-corrected chi connectivity index (χ0v) is 21.0. The molecule has 0 aliphatic rings. The van der Waals surface area contributed by atoms with Gasteiger partial charge in [-0.2, -0.15) is 14.3 Å². The van der Waals surface area contributed by atoms with Crippen LogP contribution in [-0.2, 0) is 17.9 Å². The highest BCUT2D eigenvalue weighted by Crippen LogP contribution is 2.25. The van der Waals surface area contributed by atoms with Crippen molar-refractivity contribution in [3.63, 3.8) is 0 Å². The molecule has 0 aliphatic carbocycles. The topological polar surface area (TPSA) is 133 Å². The Bertz CT molecular complexity index is 1480. The molecule has 13 heteroatoms. The second kappa shape index (κ2) is 11.1. The molecule has 2 heterocycles. The first-order chi connectivity index (χ1) is 17.3. The molecule has 0 spiro atoms. The molecule has 2 aromatic carbocycles. The molecule has 0 aliphatic heterocycles. The Morgan fingerprint density at radius 2 is 1.78 bits per heavy atom. The van der Waals surface area contributed by atoms with Crippen molar-refractivity contribution < 1.29 is 9.53 Å². The highest BCUT2D eigenvalue weighted by Gasteiger charge is 2.15. The van der Waals surface area contributed by atoms with Gasteiger partial charge in [-0.3, -0.25) is 9.36 Å². The van der Waals surface area contributed by atoms with Gasteiger partial charge in [-0.25, -0.2) is 14.2 Å². The van der Waals surface area contributed by atoms with E-state index in [4.69, 9.17) is 16.3 Å². The molecule has 0 unspecified atom stereocenters. The van der Waals surface area contributed by atoms with Crippen LogP contribution < -0.4 is 26.7 Å². The lowest BCUT2D eigenvalue weighted by Gasteiger charge is -2.16. The molecule has 0 atom stereocenters. The molecule has 1 amide bonds. The maximum atomic E-state index is 13.3. The summed E-state index contributed by atoms with van der Waals surface area (Å²) >= 11 is 7.14. The van der Waals surface area contributed by atoms with Crippen molar-refractivity contribution in [2.75, 3.05) is 12.4 Å². The summed E-state index contributed by atoms with van der Waals surface area (Å²) in [6, 6.07) is 13.8. The maximum absolute atomic E-state index is 13.3. The number of aromatic nitrogens is 5. The molecule has 2 N–H and O–H groups in total. The summed E-state index contributed by atoms with van der Waals surface area (Å²) in [4.78, 5) is 45.9. The van der Waals surface area contributed by atoms with Gasteiger partial charge in [0.15, 0.2) is 0 Å².